The van der Waals surface area contributed by atoms with Gasteiger partial charge >= 0.3 is 18.1 Å². The third-order valence-corrected chi connectivity index (χ3v) is 1.09. The van der Waals surface area contributed by atoms with Crippen LogP contribution in [0.3, 0.4) is 0 Å². The normalized spacial score (nSPS) is 12.3. The molecule has 0 aliphatic rings. The fraction of sp³-hybridized carbons (Fsp3) is 0.714. The minimum absolute atomic E-state index is 0.343. The first-order chi connectivity index (χ1) is 6.62. The molecule has 5 nitrogen and oxygen atoms in total. The number of carbonyl (C=O) groups is 2. The molecule has 0 fully saturated rings. The third-order valence-electron chi connectivity index (χ3n) is 1.09. The van der Waals surface area contributed by atoms with Gasteiger partial charge in [-0.2, -0.15) is 13.2 Å². The van der Waals surface area contributed by atoms with E-state index in [-0.39, 0.29) is 0 Å². The molecule has 0 spiro atoms. The summed E-state index contributed by atoms with van der Waals surface area (Å²) >= 11 is 0. The van der Waals surface area contributed by atoms with Gasteiger partial charge in [0.1, 0.15) is 0 Å². The molecule has 0 aliphatic heterocycles. The van der Waals surface area contributed by atoms with Gasteiger partial charge in [0, 0.05) is 0 Å². The van der Waals surface area contributed by atoms with Crippen LogP contribution in [0.2, 0.25) is 0 Å². The van der Waals surface area contributed by atoms with E-state index in [1.165, 1.54) is 0 Å². The van der Waals surface area contributed by atoms with Gasteiger partial charge in [-0.15, -0.1) is 0 Å². The number of carboxylic acids is 2. The smallest absolute Gasteiger partial charge is 0.479 e. The summed E-state index contributed by atoms with van der Waals surface area (Å²) < 4.78 is 31.7. The lowest BCUT2D eigenvalue weighted by atomic mass is 10.2. The number of hydrogen-bond acceptors (Lipinski definition) is 3. The molecule has 0 saturated heterocycles. The molecule has 90 valence electrons. The third kappa shape index (κ3) is 10.6. The second-order valence-electron chi connectivity index (χ2n) is 2.45. The summed E-state index contributed by atoms with van der Waals surface area (Å²) in [5, 5.41) is 23.7. The van der Waals surface area contributed by atoms with Crippen molar-refractivity contribution in [1.29, 1.82) is 0 Å². The highest BCUT2D eigenvalue weighted by molar-refractivity contribution is 5.73. The zero-order chi connectivity index (χ0) is 12.6. The maximum absolute atomic E-state index is 10.6. The van der Waals surface area contributed by atoms with E-state index in [0.29, 0.717) is 12.8 Å². The molecule has 15 heavy (non-hydrogen) atoms. The predicted octanol–water partition coefficient (Wildman–Crippen LogP) is 0.865. The Morgan fingerprint density at radius 3 is 1.67 bits per heavy atom. The number of carboxylic acid groups (broad SMARTS) is 2. The van der Waals surface area contributed by atoms with E-state index >= 15 is 0 Å². The van der Waals surface area contributed by atoms with Crippen molar-refractivity contribution in [3.05, 3.63) is 0 Å². The SMILES string of the molecule is CCCC(O)C(=O)O.O=C(O)C(F)(F)F. The fourth-order valence-electron chi connectivity index (χ4n) is 0.397. The molecule has 0 rings (SSSR count). The van der Waals surface area contributed by atoms with Crippen molar-refractivity contribution < 1.29 is 38.1 Å². The monoisotopic (exact) mass is 232 g/mol. The largest absolute Gasteiger partial charge is 0.490 e. The Morgan fingerprint density at radius 2 is 1.60 bits per heavy atom. The summed E-state index contributed by atoms with van der Waals surface area (Å²) in [4.78, 5) is 18.7. The lowest BCUT2D eigenvalue weighted by molar-refractivity contribution is -0.192. The van der Waals surface area contributed by atoms with Gasteiger partial charge in [0.2, 0.25) is 0 Å². The molecule has 1 unspecified atom stereocenters. The number of halogens is 3. The van der Waals surface area contributed by atoms with Crippen LogP contribution in [0.4, 0.5) is 13.2 Å². The predicted molar refractivity (Wildman–Crippen MR) is 42.2 cm³/mol. The Balaban J connectivity index is 0. The van der Waals surface area contributed by atoms with Gasteiger partial charge in [0.15, 0.2) is 6.10 Å². The molecule has 0 radical (unpaired) electrons. The van der Waals surface area contributed by atoms with Crippen LogP contribution in [0.15, 0.2) is 0 Å². The highest BCUT2D eigenvalue weighted by Crippen LogP contribution is 2.13. The second kappa shape index (κ2) is 7.04. The molecule has 0 aromatic rings. The number of rotatable bonds is 3. The van der Waals surface area contributed by atoms with Crippen LogP contribution < -0.4 is 0 Å². The Kier molecular flexibility index (Phi) is 7.58. The van der Waals surface area contributed by atoms with Crippen LogP contribution in [0.1, 0.15) is 19.8 Å². The summed E-state index contributed by atoms with van der Waals surface area (Å²) in [5.74, 6) is -3.89. The highest BCUT2D eigenvalue weighted by atomic mass is 19.4. The molecular weight excluding hydrogens is 221 g/mol. The summed E-state index contributed by atoms with van der Waals surface area (Å²) in [5.41, 5.74) is 0. The molecule has 1 atom stereocenters. The summed E-state index contributed by atoms with van der Waals surface area (Å²) in [6.45, 7) is 1.83. The van der Waals surface area contributed by atoms with Crippen molar-refractivity contribution in [2.45, 2.75) is 32.0 Å². The van der Waals surface area contributed by atoms with Crippen molar-refractivity contribution in [1.82, 2.24) is 0 Å². The highest BCUT2D eigenvalue weighted by Gasteiger charge is 2.38. The van der Waals surface area contributed by atoms with Crippen molar-refractivity contribution in [2.24, 2.45) is 0 Å². The number of alkyl halides is 3. The van der Waals surface area contributed by atoms with E-state index in [4.69, 9.17) is 20.1 Å². The van der Waals surface area contributed by atoms with Gasteiger partial charge in [-0.25, -0.2) is 9.59 Å². The summed E-state index contributed by atoms with van der Waals surface area (Å²) in [6.07, 6.45) is -5.21. The van der Waals surface area contributed by atoms with Gasteiger partial charge in [-0.05, 0) is 6.42 Å². The van der Waals surface area contributed by atoms with E-state index in [0.717, 1.165) is 0 Å². The minimum atomic E-state index is -5.08. The molecule has 0 aromatic heterocycles. The Hall–Kier alpha value is -1.31. The Bertz CT molecular complexity index is 213. The van der Waals surface area contributed by atoms with Crippen molar-refractivity contribution in [3.63, 3.8) is 0 Å². The average Bonchev–Trinajstić information content (AvgIpc) is 2.03. The second-order valence-corrected chi connectivity index (χ2v) is 2.45. The van der Waals surface area contributed by atoms with Crippen molar-refractivity contribution in [2.75, 3.05) is 0 Å². The Morgan fingerprint density at radius 1 is 1.27 bits per heavy atom. The van der Waals surface area contributed by atoms with E-state index in [1.807, 2.05) is 6.92 Å². The first-order valence-corrected chi connectivity index (χ1v) is 3.83. The van der Waals surface area contributed by atoms with Crippen LogP contribution >= 0.6 is 0 Å². The van der Waals surface area contributed by atoms with Gasteiger partial charge in [-0.1, -0.05) is 13.3 Å². The molecule has 0 saturated carbocycles. The van der Waals surface area contributed by atoms with Gasteiger partial charge < -0.3 is 15.3 Å². The van der Waals surface area contributed by atoms with E-state index in [9.17, 15) is 18.0 Å². The van der Waals surface area contributed by atoms with Gasteiger partial charge in [0.25, 0.3) is 0 Å². The van der Waals surface area contributed by atoms with Crippen molar-refractivity contribution in [3.8, 4) is 0 Å². The van der Waals surface area contributed by atoms with Crippen LogP contribution in [-0.2, 0) is 9.59 Å². The van der Waals surface area contributed by atoms with E-state index in [1.54, 1.807) is 0 Å². The standard InChI is InChI=1S/C5H10O3.C2HF3O2/c1-2-3-4(6)5(7)8;3-2(4,5)1(6)7/h4,6H,2-3H2,1H3,(H,7,8);(H,6,7). The molecule has 0 amide bonds. The molecule has 0 bridgehead atoms. The Labute approximate surface area is 83.1 Å². The minimum Gasteiger partial charge on any atom is -0.479 e. The quantitative estimate of drug-likeness (QED) is 0.670. The van der Waals surface area contributed by atoms with Crippen LogP contribution in [0, 0.1) is 0 Å². The molecular formula is C7H11F3O5. The number of aliphatic hydroxyl groups excluding tert-OH is 1. The zero-order valence-electron chi connectivity index (χ0n) is 7.78. The topological polar surface area (TPSA) is 94.8 Å². The molecule has 8 heteroatoms. The summed E-state index contributed by atoms with van der Waals surface area (Å²) in [6, 6.07) is 0. The van der Waals surface area contributed by atoms with Crippen LogP contribution in [-0.4, -0.2) is 39.5 Å². The molecule has 0 heterocycles. The van der Waals surface area contributed by atoms with E-state index < -0.39 is 24.2 Å². The first-order valence-electron chi connectivity index (χ1n) is 3.83. The maximum Gasteiger partial charge on any atom is 0.490 e. The molecule has 3 N–H and O–H groups in total. The lowest BCUT2D eigenvalue weighted by Gasteiger charge is -1.99. The van der Waals surface area contributed by atoms with Gasteiger partial charge in [-0.3, -0.25) is 0 Å². The number of aliphatic carboxylic acids is 2. The average molecular weight is 232 g/mol. The maximum atomic E-state index is 10.6. The number of aliphatic hydroxyl groups is 1. The van der Waals surface area contributed by atoms with Crippen LogP contribution in [0.5, 0.6) is 0 Å². The van der Waals surface area contributed by atoms with Crippen molar-refractivity contribution >= 4 is 11.9 Å². The molecule has 0 aliphatic carbocycles. The molecule has 0 aromatic carbocycles. The van der Waals surface area contributed by atoms with Gasteiger partial charge in [0.05, 0.1) is 0 Å². The number of hydrogen-bond donors (Lipinski definition) is 3. The van der Waals surface area contributed by atoms with Crippen LogP contribution in [0.25, 0.3) is 0 Å². The fourth-order valence-corrected chi connectivity index (χ4v) is 0.397. The zero-order valence-corrected chi connectivity index (χ0v) is 7.78. The summed E-state index contributed by atoms with van der Waals surface area (Å²) in [7, 11) is 0. The lowest BCUT2D eigenvalue weighted by Crippen LogP contribution is -2.21. The first kappa shape index (κ1) is 16.1. The van der Waals surface area contributed by atoms with E-state index in [2.05, 4.69) is 0 Å².